The number of nitrogens with one attached hydrogen (secondary N) is 2. The number of halogens is 1. The van der Waals surface area contributed by atoms with Gasteiger partial charge in [-0.15, -0.1) is 0 Å². The number of fused-ring (bicyclic) bond motifs is 2. The van der Waals surface area contributed by atoms with Gasteiger partial charge in [0.1, 0.15) is 11.6 Å². The summed E-state index contributed by atoms with van der Waals surface area (Å²) in [5.74, 6) is 0.724. The summed E-state index contributed by atoms with van der Waals surface area (Å²) < 4.78 is 2.42. The number of aromatic nitrogens is 3. The molecule has 0 spiro atoms. The van der Waals surface area contributed by atoms with E-state index in [2.05, 4.69) is 36.6 Å². The van der Waals surface area contributed by atoms with Crippen molar-refractivity contribution < 1.29 is 9.90 Å². The zero-order valence-corrected chi connectivity index (χ0v) is 19.1. The van der Waals surface area contributed by atoms with Crippen LogP contribution in [-0.2, 0) is 0 Å². The van der Waals surface area contributed by atoms with Crippen LogP contribution in [0.15, 0.2) is 83.5 Å². The van der Waals surface area contributed by atoms with Gasteiger partial charge in [-0.05, 0) is 51.0 Å². The van der Waals surface area contributed by atoms with Gasteiger partial charge in [0.25, 0.3) is 5.91 Å². The summed E-state index contributed by atoms with van der Waals surface area (Å²) in [6.07, 6.45) is 1.67. The van der Waals surface area contributed by atoms with Crippen LogP contribution in [0.4, 0.5) is 5.82 Å². The molecule has 0 aliphatic carbocycles. The van der Waals surface area contributed by atoms with E-state index in [1.807, 2.05) is 60.7 Å². The molecule has 7 nitrogen and oxygen atoms in total. The Hall–Kier alpha value is -3.91. The molecule has 0 bridgehead atoms. The predicted molar refractivity (Wildman–Crippen MR) is 133 cm³/mol. The first-order valence-corrected chi connectivity index (χ1v) is 11.2. The summed E-state index contributed by atoms with van der Waals surface area (Å²) in [5, 5.41) is 23.0. The minimum Gasteiger partial charge on any atom is -0.507 e. The first kappa shape index (κ1) is 21.0. The number of aromatic hydroxyl groups is 1. The highest BCUT2D eigenvalue weighted by Crippen LogP contribution is 2.31. The van der Waals surface area contributed by atoms with Gasteiger partial charge in [0, 0.05) is 30.3 Å². The quantitative estimate of drug-likeness (QED) is 0.289. The molecule has 5 rings (SSSR count). The number of rotatable bonds is 6. The van der Waals surface area contributed by atoms with Crippen LogP contribution in [0.25, 0.3) is 27.7 Å². The van der Waals surface area contributed by atoms with Crippen LogP contribution in [0, 0.1) is 0 Å². The molecule has 0 radical (unpaired) electrons. The first-order valence-electron chi connectivity index (χ1n) is 10.4. The summed E-state index contributed by atoms with van der Waals surface area (Å²) >= 11 is 3.48. The van der Waals surface area contributed by atoms with E-state index in [4.69, 9.17) is 0 Å². The second kappa shape index (κ2) is 8.91. The van der Waals surface area contributed by atoms with E-state index in [0.29, 0.717) is 41.4 Å². The highest BCUT2D eigenvalue weighted by atomic mass is 79.9. The van der Waals surface area contributed by atoms with E-state index < -0.39 is 0 Å². The van der Waals surface area contributed by atoms with Gasteiger partial charge in [0.15, 0.2) is 5.65 Å². The van der Waals surface area contributed by atoms with Crippen LogP contribution < -0.4 is 10.6 Å². The van der Waals surface area contributed by atoms with Gasteiger partial charge in [-0.3, -0.25) is 4.79 Å². The molecule has 0 aliphatic heterocycles. The van der Waals surface area contributed by atoms with Gasteiger partial charge >= 0.3 is 0 Å². The fourth-order valence-electron chi connectivity index (χ4n) is 3.69. The molecule has 2 heterocycles. The molecule has 8 heteroatoms. The molecule has 0 fully saturated rings. The first-order chi connectivity index (χ1) is 16.1. The lowest BCUT2D eigenvalue weighted by molar-refractivity contribution is 0.0955. The molecule has 0 aliphatic rings. The lowest BCUT2D eigenvalue weighted by atomic mass is 10.1. The van der Waals surface area contributed by atoms with Gasteiger partial charge in [-0.1, -0.05) is 42.5 Å². The SMILES string of the molecule is O=C(NCCNc1cc(-c2ccccc2O)nc2c(Br)cnn12)c1ccc2ccccc2c1. The second-order valence-corrected chi connectivity index (χ2v) is 8.37. The van der Waals surface area contributed by atoms with Crippen LogP contribution in [0.2, 0.25) is 0 Å². The maximum atomic E-state index is 12.6. The highest BCUT2D eigenvalue weighted by Gasteiger charge is 2.13. The van der Waals surface area contributed by atoms with Crippen molar-refractivity contribution in [3.8, 4) is 17.0 Å². The van der Waals surface area contributed by atoms with Crippen LogP contribution in [-0.4, -0.2) is 38.7 Å². The average Bonchev–Trinajstić information content (AvgIpc) is 3.22. The van der Waals surface area contributed by atoms with Crippen molar-refractivity contribution in [2.24, 2.45) is 0 Å². The summed E-state index contributed by atoms with van der Waals surface area (Å²) in [5.41, 5.74) is 2.49. The Labute approximate surface area is 198 Å². The number of carbonyl (C=O) groups excluding carboxylic acids is 1. The smallest absolute Gasteiger partial charge is 0.251 e. The minimum absolute atomic E-state index is 0.126. The minimum atomic E-state index is -0.126. The highest BCUT2D eigenvalue weighted by molar-refractivity contribution is 9.10. The number of hydrogen-bond donors (Lipinski definition) is 3. The molecule has 1 amide bonds. The Balaban J connectivity index is 1.31. The van der Waals surface area contributed by atoms with E-state index in [0.717, 1.165) is 15.2 Å². The zero-order valence-electron chi connectivity index (χ0n) is 17.5. The van der Waals surface area contributed by atoms with Crippen LogP contribution in [0.3, 0.4) is 0 Å². The van der Waals surface area contributed by atoms with Crippen LogP contribution >= 0.6 is 15.9 Å². The molecule has 33 heavy (non-hydrogen) atoms. The Morgan fingerprint density at radius 2 is 1.76 bits per heavy atom. The lowest BCUT2D eigenvalue weighted by Crippen LogP contribution is -2.29. The van der Waals surface area contributed by atoms with E-state index in [1.165, 1.54) is 0 Å². The number of nitrogens with zero attached hydrogens (tertiary/aromatic N) is 3. The molecular formula is C25H20BrN5O2. The van der Waals surface area contributed by atoms with Crippen molar-refractivity contribution in [3.05, 3.63) is 89.0 Å². The van der Waals surface area contributed by atoms with Gasteiger partial charge in [0.2, 0.25) is 0 Å². The molecule has 5 aromatic rings. The third-order valence-corrected chi connectivity index (χ3v) is 5.90. The molecule has 0 unspecified atom stereocenters. The van der Waals surface area contributed by atoms with Crippen molar-refractivity contribution in [1.29, 1.82) is 0 Å². The Morgan fingerprint density at radius 3 is 2.61 bits per heavy atom. The molecule has 3 aromatic carbocycles. The number of benzene rings is 3. The summed E-state index contributed by atoms with van der Waals surface area (Å²) in [6, 6.07) is 22.5. The Kier molecular flexibility index (Phi) is 5.66. The van der Waals surface area contributed by atoms with E-state index in [-0.39, 0.29) is 11.7 Å². The fourth-order valence-corrected chi connectivity index (χ4v) is 4.04. The van der Waals surface area contributed by atoms with E-state index >= 15 is 0 Å². The molecule has 0 saturated carbocycles. The standard InChI is InChI=1S/C25H20BrN5O2/c26-20-15-29-31-23(14-21(30-24(20)31)19-7-3-4-8-22(19)32)27-11-12-28-25(33)18-10-9-16-5-1-2-6-17(16)13-18/h1-10,13-15,27,32H,11-12H2,(H,28,33). The molecule has 2 aromatic heterocycles. The Bertz CT molecular complexity index is 1480. The molecule has 164 valence electrons. The van der Waals surface area contributed by atoms with Gasteiger partial charge < -0.3 is 15.7 Å². The number of phenols is 1. The number of anilines is 1. The van der Waals surface area contributed by atoms with Crippen molar-refractivity contribution in [2.45, 2.75) is 0 Å². The normalized spacial score (nSPS) is 11.1. The maximum Gasteiger partial charge on any atom is 0.251 e. The van der Waals surface area contributed by atoms with E-state index in [9.17, 15) is 9.90 Å². The lowest BCUT2D eigenvalue weighted by Gasteiger charge is -2.12. The maximum absolute atomic E-state index is 12.6. The summed E-state index contributed by atoms with van der Waals surface area (Å²) in [4.78, 5) is 17.2. The second-order valence-electron chi connectivity index (χ2n) is 7.52. The third-order valence-electron chi connectivity index (χ3n) is 5.34. The number of hydrogen-bond acceptors (Lipinski definition) is 5. The number of amides is 1. The van der Waals surface area contributed by atoms with Crippen molar-refractivity contribution in [3.63, 3.8) is 0 Å². The summed E-state index contributed by atoms with van der Waals surface area (Å²) in [6.45, 7) is 0.903. The third kappa shape index (κ3) is 4.25. The van der Waals surface area contributed by atoms with Gasteiger partial charge in [-0.25, -0.2) is 4.98 Å². The fraction of sp³-hybridized carbons (Fsp3) is 0.0800. The average molecular weight is 502 g/mol. The van der Waals surface area contributed by atoms with E-state index in [1.54, 1.807) is 22.8 Å². The molecule has 0 atom stereocenters. The molecule has 0 saturated heterocycles. The molecular weight excluding hydrogens is 482 g/mol. The van der Waals surface area contributed by atoms with Crippen molar-refractivity contribution >= 4 is 44.1 Å². The van der Waals surface area contributed by atoms with Crippen LogP contribution in [0.5, 0.6) is 5.75 Å². The van der Waals surface area contributed by atoms with Crippen LogP contribution in [0.1, 0.15) is 10.4 Å². The van der Waals surface area contributed by atoms with Crippen molar-refractivity contribution in [1.82, 2.24) is 19.9 Å². The summed E-state index contributed by atoms with van der Waals surface area (Å²) in [7, 11) is 0. The zero-order chi connectivity index (χ0) is 22.8. The largest absolute Gasteiger partial charge is 0.507 e. The Morgan fingerprint density at radius 1 is 0.970 bits per heavy atom. The van der Waals surface area contributed by atoms with Crippen molar-refractivity contribution in [2.75, 3.05) is 18.4 Å². The monoisotopic (exact) mass is 501 g/mol. The predicted octanol–water partition coefficient (Wildman–Crippen LogP) is 4.86. The number of carbonyl (C=O) groups is 1. The van der Waals surface area contributed by atoms with Gasteiger partial charge in [-0.2, -0.15) is 9.61 Å². The molecule has 3 N–H and O–H groups in total. The van der Waals surface area contributed by atoms with Gasteiger partial charge in [0.05, 0.1) is 16.4 Å². The topological polar surface area (TPSA) is 91.5 Å². The number of para-hydroxylation sites is 1. The number of phenolic OH excluding ortho intramolecular Hbond substituents is 1.